The van der Waals surface area contributed by atoms with Crippen LogP contribution in [0.3, 0.4) is 0 Å². The van der Waals surface area contributed by atoms with Crippen molar-refractivity contribution >= 4 is 17.5 Å². The molecule has 2 aromatic carbocycles. The highest BCUT2D eigenvalue weighted by molar-refractivity contribution is 6.29. The van der Waals surface area contributed by atoms with E-state index in [-0.39, 0.29) is 39.6 Å². The van der Waals surface area contributed by atoms with Crippen molar-refractivity contribution in [3.05, 3.63) is 63.2 Å². The van der Waals surface area contributed by atoms with Crippen LogP contribution in [-0.2, 0) is 10.2 Å². The number of carbonyl (C=O) groups excluding carboxylic acids is 3. The van der Waals surface area contributed by atoms with E-state index in [1.54, 1.807) is 39.0 Å². The number of benzene rings is 2. The summed E-state index contributed by atoms with van der Waals surface area (Å²) in [6.07, 6.45) is -1.37. The first-order valence-electron chi connectivity index (χ1n) is 10.1. The molecule has 0 bridgehead atoms. The molecule has 0 radical (unpaired) electrons. The van der Waals surface area contributed by atoms with E-state index < -0.39 is 23.3 Å². The molecular formula is C25H24O7. The summed E-state index contributed by atoms with van der Waals surface area (Å²) in [6.45, 7) is 6.61. The molecule has 4 rings (SSSR count). The van der Waals surface area contributed by atoms with Crippen molar-refractivity contribution in [2.24, 2.45) is 0 Å². The molecule has 0 spiro atoms. The number of methoxy groups -OCH3 is 2. The van der Waals surface area contributed by atoms with Crippen molar-refractivity contribution in [1.82, 2.24) is 0 Å². The van der Waals surface area contributed by atoms with Gasteiger partial charge in [-0.2, -0.15) is 0 Å². The Bertz CT molecular complexity index is 1230. The van der Waals surface area contributed by atoms with Crippen LogP contribution < -0.4 is 14.2 Å². The number of rotatable bonds is 3. The average molecular weight is 436 g/mol. The number of allylic oxidation sites excluding steroid dienone is 1. The maximum Gasteiger partial charge on any atom is 0.308 e. The lowest BCUT2D eigenvalue weighted by atomic mass is 9.62. The Morgan fingerprint density at radius 1 is 1.00 bits per heavy atom. The molecule has 0 saturated heterocycles. The van der Waals surface area contributed by atoms with E-state index in [2.05, 4.69) is 0 Å². The van der Waals surface area contributed by atoms with Gasteiger partial charge in [-0.15, -0.1) is 0 Å². The first kappa shape index (κ1) is 21.8. The van der Waals surface area contributed by atoms with Crippen LogP contribution >= 0.6 is 0 Å². The summed E-state index contributed by atoms with van der Waals surface area (Å²) in [6, 6.07) is 6.34. The molecule has 0 saturated carbocycles. The molecule has 32 heavy (non-hydrogen) atoms. The summed E-state index contributed by atoms with van der Waals surface area (Å²) in [4.78, 5) is 38.9. The Balaban J connectivity index is 2.01. The summed E-state index contributed by atoms with van der Waals surface area (Å²) in [7, 11) is 2.92. The number of hydrogen-bond acceptors (Lipinski definition) is 7. The van der Waals surface area contributed by atoms with Gasteiger partial charge in [0.25, 0.3) is 0 Å². The molecule has 1 atom stereocenters. The molecule has 0 heterocycles. The number of fused-ring (bicyclic) bond motifs is 2. The summed E-state index contributed by atoms with van der Waals surface area (Å²) in [5, 5.41) is 11.3. The van der Waals surface area contributed by atoms with E-state index in [4.69, 9.17) is 14.2 Å². The molecule has 0 aromatic heterocycles. The molecule has 2 aromatic rings. The zero-order valence-corrected chi connectivity index (χ0v) is 18.8. The Morgan fingerprint density at radius 2 is 1.69 bits per heavy atom. The first-order chi connectivity index (χ1) is 15.0. The number of ketones is 2. The lowest BCUT2D eigenvalue weighted by Gasteiger charge is -2.41. The normalized spacial score (nSPS) is 18.5. The maximum atomic E-state index is 13.7. The van der Waals surface area contributed by atoms with Crippen LogP contribution in [0, 0.1) is 6.92 Å². The average Bonchev–Trinajstić information content (AvgIpc) is 2.72. The lowest BCUT2D eigenvalue weighted by molar-refractivity contribution is -0.131. The molecule has 0 fully saturated rings. The highest BCUT2D eigenvalue weighted by Crippen LogP contribution is 2.53. The second kappa shape index (κ2) is 7.31. The van der Waals surface area contributed by atoms with Crippen LogP contribution in [-0.4, -0.2) is 36.9 Å². The van der Waals surface area contributed by atoms with Gasteiger partial charge in [0.2, 0.25) is 0 Å². The summed E-state index contributed by atoms with van der Waals surface area (Å²) < 4.78 is 16.0. The SMILES string of the molecule is COc1cc(C)c2c(c1)C(=O)C1=C(C2=O)C(O)c2c(OC)cc(OC(C)=O)cc2C1(C)C. The molecule has 1 unspecified atom stereocenters. The third kappa shape index (κ3) is 2.96. The van der Waals surface area contributed by atoms with Gasteiger partial charge >= 0.3 is 5.97 Å². The molecule has 2 aliphatic rings. The second-order valence-corrected chi connectivity index (χ2v) is 8.52. The lowest BCUT2D eigenvalue weighted by Crippen LogP contribution is -2.40. The predicted octanol–water partition coefficient (Wildman–Crippen LogP) is 3.64. The van der Waals surface area contributed by atoms with E-state index in [1.807, 2.05) is 0 Å². The van der Waals surface area contributed by atoms with Crippen LogP contribution in [0.5, 0.6) is 17.2 Å². The number of aliphatic hydroxyl groups excluding tert-OH is 1. The minimum absolute atomic E-state index is 0.0480. The Morgan fingerprint density at radius 3 is 2.28 bits per heavy atom. The fraction of sp³-hybridized carbons (Fsp3) is 0.320. The Labute approximate surface area is 185 Å². The van der Waals surface area contributed by atoms with Gasteiger partial charge in [0, 0.05) is 46.2 Å². The quantitative estimate of drug-likeness (QED) is 0.579. The zero-order chi connectivity index (χ0) is 23.5. The van der Waals surface area contributed by atoms with Gasteiger partial charge in [0.15, 0.2) is 11.6 Å². The van der Waals surface area contributed by atoms with Crippen molar-refractivity contribution in [1.29, 1.82) is 0 Å². The topological polar surface area (TPSA) is 99.1 Å². The minimum atomic E-state index is -1.37. The molecule has 7 heteroatoms. The van der Waals surface area contributed by atoms with Gasteiger partial charge in [0.1, 0.15) is 23.4 Å². The van der Waals surface area contributed by atoms with Crippen LogP contribution in [0.25, 0.3) is 0 Å². The molecular weight excluding hydrogens is 412 g/mol. The van der Waals surface area contributed by atoms with Gasteiger partial charge in [-0.05, 0) is 36.2 Å². The summed E-state index contributed by atoms with van der Waals surface area (Å²) in [5.74, 6) is -0.287. The van der Waals surface area contributed by atoms with Crippen molar-refractivity contribution in [3.8, 4) is 17.2 Å². The van der Waals surface area contributed by atoms with Crippen molar-refractivity contribution in [3.63, 3.8) is 0 Å². The predicted molar refractivity (Wildman–Crippen MR) is 116 cm³/mol. The molecule has 7 nitrogen and oxygen atoms in total. The highest BCUT2D eigenvalue weighted by Gasteiger charge is 2.49. The second-order valence-electron chi connectivity index (χ2n) is 8.52. The van der Waals surface area contributed by atoms with Crippen molar-refractivity contribution < 1.29 is 33.7 Å². The fourth-order valence-corrected chi connectivity index (χ4v) is 4.81. The van der Waals surface area contributed by atoms with E-state index >= 15 is 0 Å². The van der Waals surface area contributed by atoms with Gasteiger partial charge < -0.3 is 19.3 Å². The Hall–Kier alpha value is -3.45. The van der Waals surface area contributed by atoms with Crippen LogP contribution in [0.15, 0.2) is 35.4 Å². The number of esters is 1. The van der Waals surface area contributed by atoms with Gasteiger partial charge in [-0.25, -0.2) is 0 Å². The first-order valence-corrected chi connectivity index (χ1v) is 10.1. The van der Waals surface area contributed by atoms with Crippen LogP contribution in [0.4, 0.5) is 0 Å². The number of carbonyl (C=O) groups is 3. The highest BCUT2D eigenvalue weighted by atomic mass is 16.5. The van der Waals surface area contributed by atoms with Crippen LogP contribution in [0.1, 0.15) is 64.3 Å². The maximum absolute atomic E-state index is 13.7. The number of Topliss-reactive ketones (excluding diaryl/α,β-unsaturated/α-hetero) is 2. The smallest absolute Gasteiger partial charge is 0.308 e. The number of aryl methyl sites for hydroxylation is 1. The monoisotopic (exact) mass is 436 g/mol. The molecule has 2 aliphatic carbocycles. The number of aliphatic hydroxyl groups is 1. The van der Waals surface area contributed by atoms with E-state index in [0.717, 1.165) is 0 Å². The largest absolute Gasteiger partial charge is 0.497 e. The van der Waals surface area contributed by atoms with E-state index in [1.165, 1.54) is 27.2 Å². The number of hydrogen-bond donors (Lipinski definition) is 1. The molecule has 0 amide bonds. The third-order valence-corrected chi connectivity index (χ3v) is 6.20. The Kier molecular flexibility index (Phi) is 4.97. The van der Waals surface area contributed by atoms with Gasteiger partial charge in [-0.1, -0.05) is 13.8 Å². The summed E-state index contributed by atoms with van der Waals surface area (Å²) >= 11 is 0. The van der Waals surface area contributed by atoms with Crippen molar-refractivity contribution in [2.75, 3.05) is 14.2 Å². The standard InChI is InChI=1S/C25H24O7/c1-11-7-13(30-5)8-15-18(11)23(28)20-21(22(15)27)25(3,4)16-9-14(32-12(2)26)10-17(31-6)19(16)24(20)29/h7-10,24,29H,1-6H3. The molecule has 0 aliphatic heterocycles. The fourth-order valence-electron chi connectivity index (χ4n) is 4.81. The van der Waals surface area contributed by atoms with E-state index in [9.17, 15) is 19.5 Å². The van der Waals surface area contributed by atoms with E-state index in [0.29, 0.717) is 22.4 Å². The van der Waals surface area contributed by atoms with Gasteiger partial charge in [0.05, 0.1) is 14.2 Å². The van der Waals surface area contributed by atoms with Crippen LogP contribution in [0.2, 0.25) is 0 Å². The third-order valence-electron chi connectivity index (χ3n) is 6.20. The van der Waals surface area contributed by atoms with Gasteiger partial charge in [-0.3, -0.25) is 14.4 Å². The minimum Gasteiger partial charge on any atom is -0.497 e. The zero-order valence-electron chi connectivity index (χ0n) is 18.8. The number of ether oxygens (including phenoxy) is 3. The molecule has 166 valence electrons. The molecule has 1 N–H and O–H groups in total. The van der Waals surface area contributed by atoms with Crippen molar-refractivity contribution in [2.45, 2.75) is 39.2 Å². The summed E-state index contributed by atoms with van der Waals surface area (Å²) in [5.41, 5.74) is 1.32.